The van der Waals surface area contributed by atoms with Gasteiger partial charge in [0, 0.05) is 14.1 Å². The van der Waals surface area contributed by atoms with Crippen molar-refractivity contribution in [2.24, 2.45) is 0 Å². The first kappa shape index (κ1) is 16.5. The van der Waals surface area contributed by atoms with Crippen LogP contribution in [-0.4, -0.2) is 24.1 Å². The van der Waals surface area contributed by atoms with E-state index in [2.05, 4.69) is 85.6 Å². The zero-order chi connectivity index (χ0) is 14.1. The number of hydrogen-bond donors (Lipinski definition) is 0. The number of benzene rings is 2. The van der Waals surface area contributed by atoms with Crippen LogP contribution in [0.2, 0.25) is 0 Å². The minimum Gasteiger partial charge on any atom is -0.237 e. The summed E-state index contributed by atoms with van der Waals surface area (Å²) in [5.41, 5.74) is 4.15. The van der Waals surface area contributed by atoms with Crippen LogP contribution in [0, 0.1) is 6.92 Å². The number of aryl methyl sites for hydroxylation is 1. The fraction of sp³-hybridized carbons (Fsp3) is 0.333. The van der Waals surface area contributed by atoms with Crippen molar-refractivity contribution in [3.05, 3.63) is 71.3 Å². The molecular weight excluding hydrogens is 371 g/mol. The van der Waals surface area contributed by atoms with Crippen molar-refractivity contribution in [1.82, 2.24) is 10.0 Å². The first-order chi connectivity index (χ1) is 9.66. The molecule has 0 radical (unpaired) electrons. The first-order valence-electron chi connectivity index (χ1n) is 7.24. The molecule has 0 bridgehead atoms. The number of halogens is 1. The molecule has 3 rings (SSSR count). The summed E-state index contributed by atoms with van der Waals surface area (Å²) in [5.74, 6) is 0. The van der Waals surface area contributed by atoms with E-state index in [0.717, 1.165) is 6.42 Å². The zero-order valence-corrected chi connectivity index (χ0v) is 15.2. The Morgan fingerprint density at radius 3 is 2.00 bits per heavy atom. The molecule has 0 aromatic heterocycles. The maximum absolute atomic E-state index is 2.37. The number of hydrogen-bond acceptors (Lipinski definition) is 2. The Kier molecular flexibility index (Phi) is 5.41. The van der Waals surface area contributed by atoms with Gasteiger partial charge in [-0.15, -0.1) is 24.0 Å². The highest BCUT2D eigenvalue weighted by Crippen LogP contribution is 2.41. The molecule has 112 valence electrons. The molecule has 0 spiro atoms. The van der Waals surface area contributed by atoms with Crippen LogP contribution in [-0.2, 0) is 0 Å². The minimum atomic E-state index is 0. The van der Waals surface area contributed by atoms with E-state index < -0.39 is 0 Å². The lowest BCUT2D eigenvalue weighted by Gasteiger charge is -2.28. The lowest BCUT2D eigenvalue weighted by atomic mass is 9.96. The van der Waals surface area contributed by atoms with E-state index in [1.54, 1.807) is 0 Å². The van der Waals surface area contributed by atoms with Gasteiger partial charge in [-0.25, -0.2) is 10.0 Å². The molecule has 1 aliphatic heterocycles. The fourth-order valence-corrected chi connectivity index (χ4v) is 3.21. The summed E-state index contributed by atoms with van der Waals surface area (Å²) in [4.78, 5) is 0. The largest absolute Gasteiger partial charge is 0.237 e. The third kappa shape index (κ3) is 3.30. The molecule has 2 aromatic carbocycles. The Bertz CT molecular complexity index is 585. The van der Waals surface area contributed by atoms with Gasteiger partial charge in [0.1, 0.15) is 0 Å². The molecule has 1 heterocycles. The van der Waals surface area contributed by atoms with Crippen LogP contribution >= 0.6 is 24.0 Å². The Balaban J connectivity index is 0.00000161. The van der Waals surface area contributed by atoms with Gasteiger partial charge < -0.3 is 0 Å². The van der Waals surface area contributed by atoms with Crippen LogP contribution in [0.3, 0.4) is 0 Å². The highest BCUT2D eigenvalue weighted by molar-refractivity contribution is 14.0. The molecular formula is C18H23IN2. The van der Waals surface area contributed by atoms with Crippen molar-refractivity contribution >= 4 is 24.0 Å². The van der Waals surface area contributed by atoms with E-state index in [0.29, 0.717) is 12.1 Å². The Morgan fingerprint density at radius 1 is 0.810 bits per heavy atom. The normalized spacial score (nSPS) is 23.0. The van der Waals surface area contributed by atoms with Crippen LogP contribution < -0.4 is 0 Å². The quantitative estimate of drug-likeness (QED) is 0.689. The van der Waals surface area contributed by atoms with E-state index in [9.17, 15) is 0 Å². The standard InChI is InChI=1S/C18H22N2.HI/c1-14-8-7-11-16(12-14)18-13-17(19(2)20(18)3)15-9-5-4-6-10-15;/h4-12,17-18H,13H2,1-3H3;1H. The number of rotatable bonds is 2. The monoisotopic (exact) mass is 394 g/mol. The summed E-state index contributed by atoms with van der Waals surface area (Å²) in [5, 5.41) is 4.73. The third-order valence-corrected chi connectivity index (χ3v) is 4.46. The second kappa shape index (κ2) is 6.90. The topological polar surface area (TPSA) is 6.48 Å². The Morgan fingerprint density at radius 2 is 1.38 bits per heavy atom. The van der Waals surface area contributed by atoms with Gasteiger partial charge in [-0.3, -0.25) is 0 Å². The average Bonchev–Trinajstić information content (AvgIpc) is 2.76. The molecule has 0 aliphatic carbocycles. The summed E-state index contributed by atoms with van der Waals surface area (Å²) in [7, 11) is 4.38. The van der Waals surface area contributed by atoms with Gasteiger partial charge in [0.05, 0.1) is 12.1 Å². The van der Waals surface area contributed by atoms with Crippen LogP contribution in [0.4, 0.5) is 0 Å². The lowest BCUT2D eigenvalue weighted by molar-refractivity contribution is 0.0252. The summed E-state index contributed by atoms with van der Waals surface area (Å²) >= 11 is 0. The summed E-state index contributed by atoms with van der Waals surface area (Å²) < 4.78 is 0. The van der Waals surface area contributed by atoms with Crippen LogP contribution in [0.25, 0.3) is 0 Å². The molecule has 0 N–H and O–H groups in total. The minimum absolute atomic E-state index is 0. The predicted octanol–water partition coefficient (Wildman–Crippen LogP) is 4.58. The lowest BCUT2D eigenvalue weighted by Crippen LogP contribution is -2.32. The van der Waals surface area contributed by atoms with E-state index >= 15 is 0 Å². The second-order valence-corrected chi connectivity index (χ2v) is 5.74. The maximum Gasteiger partial charge on any atom is 0.0511 e. The maximum atomic E-state index is 2.37. The number of hydrazine groups is 1. The average molecular weight is 394 g/mol. The van der Waals surface area contributed by atoms with E-state index in [4.69, 9.17) is 0 Å². The van der Waals surface area contributed by atoms with Crippen molar-refractivity contribution in [2.45, 2.75) is 25.4 Å². The van der Waals surface area contributed by atoms with Crippen LogP contribution in [0.1, 0.15) is 35.2 Å². The second-order valence-electron chi connectivity index (χ2n) is 5.74. The Hall–Kier alpha value is -0.910. The van der Waals surface area contributed by atoms with Crippen molar-refractivity contribution < 1.29 is 0 Å². The molecule has 2 atom stereocenters. The highest BCUT2D eigenvalue weighted by atomic mass is 127. The molecule has 3 heteroatoms. The molecule has 1 aliphatic rings. The van der Waals surface area contributed by atoms with Crippen molar-refractivity contribution in [1.29, 1.82) is 0 Å². The molecule has 21 heavy (non-hydrogen) atoms. The molecule has 0 saturated carbocycles. The molecule has 2 unspecified atom stereocenters. The van der Waals surface area contributed by atoms with Gasteiger partial charge in [0.15, 0.2) is 0 Å². The van der Waals surface area contributed by atoms with Gasteiger partial charge in [0.25, 0.3) is 0 Å². The van der Waals surface area contributed by atoms with E-state index in [1.807, 2.05) is 0 Å². The molecule has 1 saturated heterocycles. The summed E-state index contributed by atoms with van der Waals surface area (Å²) in [6.45, 7) is 2.16. The van der Waals surface area contributed by atoms with Crippen LogP contribution in [0.15, 0.2) is 54.6 Å². The predicted molar refractivity (Wildman–Crippen MR) is 98.7 cm³/mol. The SMILES string of the molecule is Cc1cccc(C2CC(c3ccccc3)N(C)N2C)c1.I. The molecule has 0 amide bonds. The first-order valence-corrected chi connectivity index (χ1v) is 7.24. The van der Waals surface area contributed by atoms with Gasteiger partial charge in [-0.1, -0.05) is 60.2 Å². The van der Waals surface area contributed by atoms with Gasteiger partial charge in [-0.05, 0) is 24.5 Å². The van der Waals surface area contributed by atoms with Gasteiger partial charge in [-0.2, -0.15) is 0 Å². The van der Waals surface area contributed by atoms with Gasteiger partial charge >= 0.3 is 0 Å². The molecule has 1 fully saturated rings. The smallest absolute Gasteiger partial charge is 0.0511 e. The fourth-order valence-electron chi connectivity index (χ4n) is 3.21. The third-order valence-electron chi connectivity index (χ3n) is 4.46. The number of nitrogens with zero attached hydrogens (tertiary/aromatic N) is 2. The van der Waals surface area contributed by atoms with Crippen molar-refractivity contribution in [3.8, 4) is 0 Å². The summed E-state index contributed by atoms with van der Waals surface area (Å²) in [6, 6.07) is 20.6. The van der Waals surface area contributed by atoms with Crippen molar-refractivity contribution in [2.75, 3.05) is 14.1 Å². The van der Waals surface area contributed by atoms with Crippen molar-refractivity contribution in [3.63, 3.8) is 0 Å². The summed E-state index contributed by atoms with van der Waals surface area (Å²) in [6.07, 6.45) is 1.14. The van der Waals surface area contributed by atoms with Crippen LogP contribution in [0.5, 0.6) is 0 Å². The highest BCUT2D eigenvalue weighted by Gasteiger charge is 2.36. The Labute approximate surface area is 144 Å². The van der Waals surface area contributed by atoms with E-state index in [1.165, 1.54) is 16.7 Å². The van der Waals surface area contributed by atoms with Gasteiger partial charge in [0.2, 0.25) is 0 Å². The molecule has 2 aromatic rings. The van der Waals surface area contributed by atoms with E-state index in [-0.39, 0.29) is 24.0 Å². The molecule has 2 nitrogen and oxygen atoms in total. The zero-order valence-electron chi connectivity index (χ0n) is 12.9.